The number of amides is 1. The van der Waals surface area contributed by atoms with Gasteiger partial charge in [-0.05, 0) is 38.1 Å². The van der Waals surface area contributed by atoms with Gasteiger partial charge in [-0.3, -0.25) is 4.79 Å². The van der Waals surface area contributed by atoms with Crippen molar-refractivity contribution in [3.63, 3.8) is 0 Å². The zero-order chi connectivity index (χ0) is 17.1. The number of hydrogen-bond acceptors (Lipinski definition) is 3. The standard InChI is InChI=1S/C19H21N3OS/c1-4-22-17-13-9-8-12-16(17)20-19(22)24-14(2)18(23)21(3)15-10-6-5-7-11-15/h5-14H,4H2,1-3H3/t14-/m0/s1. The van der Waals surface area contributed by atoms with Gasteiger partial charge in [-0.25, -0.2) is 4.98 Å². The summed E-state index contributed by atoms with van der Waals surface area (Å²) >= 11 is 1.51. The number of nitrogens with zero attached hydrogens (tertiary/aromatic N) is 3. The quantitative estimate of drug-likeness (QED) is 0.654. The first-order chi connectivity index (χ1) is 11.6. The van der Waals surface area contributed by atoms with Gasteiger partial charge in [-0.1, -0.05) is 42.1 Å². The van der Waals surface area contributed by atoms with Crippen LogP contribution >= 0.6 is 11.8 Å². The van der Waals surface area contributed by atoms with Crippen LogP contribution in [0.3, 0.4) is 0 Å². The Labute approximate surface area is 146 Å². The summed E-state index contributed by atoms with van der Waals surface area (Å²) in [5.74, 6) is 0.0703. The van der Waals surface area contributed by atoms with Crippen molar-refractivity contribution in [3.8, 4) is 0 Å². The topological polar surface area (TPSA) is 38.1 Å². The minimum absolute atomic E-state index is 0.0703. The fourth-order valence-corrected chi connectivity index (χ4v) is 3.79. The van der Waals surface area contributed by atoms with Crippen molar-refractivity contribution >= 4 is 34.4 Å². The van der Waals surface area contributed by atoms with Crippen molar-refractivity contribution in [2.24, 2.45) is 0 Å². The molecule has 1 amide bonds. The van der Waals surface area contributed by atoms with E-state index in [2.05, 4.69) is 17.6 Å². The van der Waals surface area contributed by atoms with E-state index in [0.29, 0.717) is 0 Å². The molecule has 2 aromatic carbocycles. The largest absolute Gasteiger partial charge is 0.319 e. The molecule has 0 N–H and O–H groups in total. The second kappa shape index (κ2) is 7.09. The van der Waals surface area contributed by atoms with E-state index in [1.807, 2.05) is 62.5 Å². The third-order valence-corrected chi connectivity index (χ3v) is 5.12. The van der Waals surface area contributed by atoms with Crippen molar-refractivity contribution < 1.29 is 4.79 Å². The fourth-order valence-electron chi connectivity index (χ4n) is 2.71. The van der Waals surface area contributed by atoms with Crippen LogP contribution < -0.4 is 4.90 Å². The smallest absolute Gasteiger partial charge is 0.240 e. The maximum atomic E-state index is 12.7. The monoisotopic (exact) mass is 339 g/mol. The first-order valence-electron chi connectivity index (χ1n) is 8.06. The highest BCUT2D eigenvalue weighted by Gasteiger charge is 2.22. The maximum absolute atomic E-state index is 12.7. The number of carbonyl (C=O) groups is 1. The first-order valence-corrected chi connectivity index (χ1v) is 8.94. The number of carbonyl (C=O) groups excluding carboxylic acids is 1. The summed E-state index contributed by atoms with van der Waals surface area (Å²) < 4.78 is 2.16. The minimum Gasteiger partial charge on any atom is -0.319 e. The van der Waals surface area contributed by atoms with Gasteiger partial charge in [0, 0.05) is 19.3 Å². The molecule has 0 fully saturated rings. The number of para-hydroxylation sites is 3. The molecule has 0 radical (unpaired) electrons. The lowest BCUT2D eigenvalue weighted by Crippen LogP contribution is -2.33. The minimum atomic E-state index is -0.211. The van der Waals surface area contributed by atoms with Gasteiger partial charge < -0.3 is 9.47 Å². The van der Waals surface area contributed by atoms with Gasteiger partial charge in [-0.15, -0.1) is 0 Å². The number of aryl methyl sites for hydroxylation is 1. The van der Waals surface area contributed by atoms with E-state index in [-0.39, 0.29) is 11.2 Å². The SMILES string of the molecule is CCn1c(S[C@@H](C)C(=O)N(C)c2ccccc2)nc2ccccc21. The van der Waals surface area contributed by atoms with Gasteiger partial charge in [-0.2, -0.15) is 0 Å². The lowest BCUT2D eigenvalue weighted by atomic mass is 10.3. The molecule has 4 nitrogen and oxygen atoms in total. The maximum Gasteiger partial charge on any atom is 0.240 e. The van der Waals surface area contributed by atoms with Gasteiger partial charge in [0.1, 0.15) is 0 Å². The van der Waals surface area contributed by atoms with Gasteiger partial charge >= 0.3 is 0 Å². The first kappa shape index (κ1) is 16.6. The van der Waals surface area contributed by atoms with E-state index >= 15 is 0 Å². The predicted molar refractivity (Wildman–Crippen MR) is 101 cm³/mol. The molecule has 1 heterocycles. The molecule has 24 heavy (non-hydrogen) atoms. The number of fused-ring (bicyclic) bond motifs is 1. The highest BCUT2D eigenvalue weighted by atomic mass is 32.2. The lowest BCUT2D eigenvalue weighted by molar-refractivity contribution is -0.117. The molecular weight excluding hydrogens is 318 g/mol. The van der Waals surface area contributed by atoms with Crippen LogP contribution in [0.25, 0.3) is 11.0 Å². The molecule has 1 aromatic heterocycles. The molecule has 3 rings (SSSR count). The molecule has 3 aromatic rings. The summed E-state index contributed by atoms with van der Waals surface area (Å²) in [5, 5.41) is 0.679. The predicted octanol–water partition coefficient (Wildman–Crippen LogP) is 4.20. The lowest BCUT2D eigenvalue weighted by Gasteiger charge is -2.21. The normalized spacial score (nSPS) is 12.3. The van der Waals surface area contributed by atoms with Crippen molar-refractivity contribution in [1.82, 2.24) is 9.55 Å². The molecule has 0 unspecified atom stereocenters. The molecule has 0 saturated carbocycles. The Morgan fingerprint density at radius 3 is 2.54 bits per heavy atom. The molecule has 0 saturated heterocycles. The van der Waals surface area contributed by atoms with Crippen LogP contribution in [-0.4, -0.2) is 27.8 Å². The van der Waals surface area contributed by atoms with Crippen molar-refractivity contribution in [2.45, 2.75) is 30.8 Å². The Morgan fingerprint density at radius 2 is 1.83 bits per heavy atom. The molecule has 5 heteroatoms. The number of aromatic nitrogens is 2. The molecule has 0 aliphatic heterocycles. The molecule has 1 atom stereocenters. The summed E-state index contributed by atoms with van der Waals surface area (Å²) in [5.41, 5.74) is 2.98. The summed E-state index contributed by atoms with van der Waals surface area (Å²) in [6.07, 6.45) is 0. The van der Waals surface area contributed by atoms with E-state index in [1.165, 1.54) is 11.8 Å². The average Bonchev–Trinajstić information content (AvgIpc) is 2.98. The second-order valence-electron chi connectivity index (χ2n) is 5.62. The van der Waals surface area contributed by atoms with Gasteiger partial charge in [0.25, 0.3) is 0 Å². The van der Waals surface area contributed by atoms with E-state index < -0.39 is 0 Å². The van der Waals surface area contributed by atoms with Crippen molar-refractivity contribution in [1.29, 1.82) is 0 Å². The average molecular weight is 339 g/mol. The Morgan fingerprint density at radius 1 is 1.17 bits per heavy atom. The summed E-state index contributed by atoms with van der Waals surface area (Å²) in [4.78, 5) is 19.1. The Balaban J connectivity index is 1.82. The number of rotatable bonds is 5. The van der Waals surface area contributed by atoms with Crippen LogP contribution in [0.15, 0.2) is 59.8 Å². The number of anilines is 1. The summed E-state index contributed by atoms with van der Waals surface area (Å²) in [6, 6.07) is 17.8. The molecular formula is C19H21N3OS. The van der Waals surface area contributed by atoms with E-state index in [1.54, 1.807) is 4.90 Å². The van der Waals surface area contributed by atoms with E-state index in [0.717, 1.165) is 28.4 Å². The van der Waals surface area contributed by atoms with Gasteiger partial charge in [0.05, 0.1) is 16.3 Å². The van der Waals surface area contributed by atoms with Crippen LogP contribution in [0.5, 0.6) is 0 Å². The fraction of sp³-hybridized carbons (Fsp3) is 0.263. The van der Waals surface area contributed by atoms with E-state index in [9.17, 15) is 4.79 Å². The molecule has 0 aliphatic carbocycles. The summed E-state index contributed by atoms with van der Waals surface area (Å²) in [6.45, 7) is 4.87. The Hall–Kier alpha value is -2.27. The van der Waals surface area contributed by atoms with Gasteiger partial charge in [0.15, 0.2) is 5.16 Å². The highest BCUT2D eigenvalue weighted by molar-refractivity contribution is 8.00. The van der Waals surface area contributed by atoms with Crippen LogP contribution in [0.2, 0.25) is 0 Å². The van der Waals surface area contributed by atoms with Crippen molar-refractivity contribution in [3.05, 3.63) is 54.6 Å². The van der Waals surface area contributed by atoms with Crippen LogP contribution in [0, 0.1) is 0 Å². The number of benzene rings is 2. The summed E-state index contributed by atoms with van der Waals surface area (Å²) in [7, 11) is 1.82. The van der Waals surface area contributed by atoms with E-state index in [4.69, 9.17) is 4.98 Å². The zero-order valence-corrected chi connectivity index (χ0v) is 15.0. The van der Waals surface area contributed by atoms with Crippen LogP contribution in [-0.2, 0) is 11.3 Å². The molecule has 0 aliphatic rings. The third kappa shape index (κ3) is 3.17. The molecule has 0 bridgehead atoms. The Kier molecular flexibility index (Phi) is 4.90. The Bertz CT molecular complexity index is 844. The number of thioether (sulfide) groups is 1. The molecule has 124 valence electrons. The zero-order valence-electron chi connectivity index (χ0n) is 14.1. The van der Waals surface area contributed by atoms with Gasteiger partial charge in [0.2, 0.25) is 5.91 Å². The van der Waals surface area contributed by atoms with Crippen LogP contribution in [0.1, 0.15) is 13.8 Å². The number of hydrogen-bond donors (Lipinski definition) is 0. The van der Waals surface area contributed by atoms with Crippen LogP contribution in [0.4, 0.5) is 5.69 Å². The number of imidazole rings is 1. The molecule has 0 spiro atoms. The third-order valence-electron chi connectivity index (χ3n) is 4.04. The highest BCUT2D eigenvalue weighted by Crippen LogP contribution is 2.28. The van der Waals surface area contributed by atoms with Crippen molar-refractivity contribution in [2.75, 3.05) is 11.9 Å². The second-order valence-corrected chi connectivity index (χ2v) is 6.93.